The molecule has 2 aliphatic rings. The molecule has 1 saturated heterocycles. The number of carbonyl (C=O) groups is 1. The topological polar surface area (TPSA) is 50.1 Å². The lowest BCUT2D eigenvalue weighted by atomic mass is 9.64. The maximum atomic E-state index is 11.3. The number of nitrogens with zero attached hydrogens (tertiary/aromatic N) is 1. The van der Waals surface area contributed by atoms with Crippen LogP contribution in [-0.2, 0) is 9.53 Å². The van der Waals surface area contributed by atoms with Gasteiger partial charge in [0.15, 0.2) is 0 Å². The van der Waals surface area contributed by atoms with Gasteiger partial charge < -0.3 is 4.74 Å². The molecule has 2 rings (SSSR count). The number of rotatable bonds is 0. The Morgan fingerprint density at radius 2 is 2.46 bits per heavy atom. The number of ether oxygens (including phenoxy) is 1. The molecule has 0 amide bonds. The predicted molar refractivity (Wildman–Crippen MR) is 45.8 cm³/mol. The molecule has 1 aliphatic heterocycles. The number of carbonyl (C=O) groups excluding carboxylic acids is 1. The normalized spacial score (nSPS) is 39.3. The van der Waals surface area contributed by atoms with E-state index in [1.807, 2.05) is 0 Å². The van der Waals surface area contributed by atoms with Crippen molar-refractivity contribution in [1.29, 1.82) is 5.26 Å². The van der Waals surface area contributed by atoms with Gasteiger partial charge >= 0.3 is 0 Å². The van der Waals surface area contributed by atoms with Gasteiger partial charge in [-0.25, -0.2) is 0 Å². The van der Waals surface area contributed by atoms with Gasteiger partial charge in [0, 0.05) is 25.4 Å². The Hall–Kier alpha value is -0.880. The van der Waals surface area contributed by atoms with Crippen LogP contribution in [0, 0.1) is 22.7 Å². The van der Waals surface area contributed by atoms with E-state index >= 15 is 0 Å². The van der Waals surface area contributed by atoms with Crippen LogP contribution in [0.4, 0.5) is 0 Å². The maximum Gasteiger partial charge on any atom is 0.134 e. The highest BCUT2D eigenvalue weighted by atomic mass is 16.5. The summed E-state index contributed by atoms with van der Waals surface area (Å²) in [5.74, 6) is 0.545. The van der Waals surface area contributed by atoms with Crippen molar-refractivity contribution in [2.45, 2.75) is 25.7 Å². The Balaban J connectivity index is 2.22. The standard InChI is InChI=1S/C10H13NO2/c11-7-10-3-4-13-6-8(10)1-2-9(12)5-10/h8H,1-6H2. The van der Waals surface area contributed by atoms with E-state index in [0.29, 0.717) is 32.0 Å². The van der Waals surface area contributed by atoms with Gasteiger partial charge in [0.25, 0.3) is 0 Å². The van der Waals surface area contributed by atoms with E-state index in [2.05, 4.69) is 6.07 Å². The Kier molecular flexibility index (Phi) is 2.09. The minimum Gasteiger partial charge on any atom is -0.381 e. The zero-order chi connectivity index (χ0) is 9.31. The summed E-state index contributed by atoms with van der Waals surface area (Å²) in [6.07, 6.45) is 2.67. The van der Waals surface area contributed by atoms with Crippen LogP contribution in [0.1, 0.15) is 25.7 Å². The van der Waals surface area contributed by atoms with Crippen LogP contribution in [0.15, 0.2) is 0 Å². The van der Waals surface area contributed by atoms with Gasteiger partial charge in [0.2, 0.25) is 0 Å². The minimum atomic E-state index is -0.381. The third kappa shape index (κ3) is 1.36. The van der Waals surface area contributed by atoms with E-state index in [9.17, 15) is 4.79 Å². The highest BCUT2D eigenvalue weighted by Gasteiger charge is 2.45. The average molecular weight is 179 g/mol. The van der Waals surface area contributed by atoms with Crippen LogP contribution in [0.5, 0.6) is 0 Å². The summed E-state index contributed by atoms with van der Waals surface area (Å²) in [7, 11) is 0. The van der Waals surface area contributed by atoms with Gasteiger partial charge in [-0.05, 0) is 12.8 Å². The molecule has 2 fully saturated rings. The molecule has 0 aromatic carbocycles. The van der Waals surface area contributed by atoms with Crippen molar-refractivity contribution in [1.82, 2.24) is 0 Å². The molecule has 1 aliphatic carbocycles. The van der Waals surface area contributed by atoms with E-state index in [4.69, 9.17) is 10.00 Å². The van der Waals surface area contributed by atoms with Gasteiger partial charge in [-0.1, -0.05) is 0 Å². The van der Waals surface area contributed by atoms with Crippen LogP contribution in [0.25, 0.3) is 0 Å². The molecule has 2 atom stereocenters. The summed E-state index contributed by atoms with van der Waals surface area (Å²) in [6.45, 7) is 1.30. The monoisotopic (exact) mass is 179 g/mol. The predicted octanol–water partition coefficient (Wildman–Crippen LogP) is 1.29. The second-order valence-electron chi connectivity index (χ2n) is 4.04. The second kappa shape index (κ2) is 3.12. The molecule has 0 spiro atoms. The van der Waals surface area contributed by atoms with Gasteiger partial charge in [-0.2, -0.15) is 5.26 Å². The zero-order valence-electron chi connectivity index (χ0n) is 7.58. The van der Waals surface area contributed by atoms with Crippen molar-refractivity contribution >= 4 is 5.78 Å². The van der Waals surface area contributed by atoms with Gasteiger partial charge in [0.1, 0.15) is 5.78 Å². The van der Waals surface area contributed by atoms with Crippen LogP contribution in [0.3, 0.4) is 0 Å². The third-order valence-electron chi connectivity index (χ3n) is 3.30. The SMILES string of the molecule is N#CC12CCOCC1CCC(=O)C2. The third-order valence-corrected chi connectivity index (χ3v) is 3.30. The van der Waals surface area contributed by atoms with E-state index in [0.717, 1.165) is 12.8 Å². The molecule has 1 heterocycles. The number of Topliss-reactive ketones (excluding diaryl/α,β-unsaturated/α-hetero) is 1. The van der Waals surface area contributed by atoms with E-state index < -0.39 is 0 Å². The largest absolute Gasteiger partial charge is 0.381 e. The molecule has 0 N–H and O–H groups in total. The van der Waals surface area contributed by atoms with Crippen LogP contribution in [0.2, 0.25) is 0 Å². The van der Waals surface area contributed by atoms with E-state index in [1.54, 1.807) is 0 Å². The summed E-state index contributed by atoms with van der Waals surface area (Å²) in [4.78, 5) is 11.3. The Bertz CT molecular complexity index is 269. The first-order valence-electron chi connectivity index (χ1n) is 4.77. The van der Waals surface area contributed by atoms with Crippen LogP contribution in [-0.4, -0.2) is 19.0 Å². The lowest BCUT2D eigenvalue weighted by Crippen LogP contribution is -2.43. The first-order valence-corrected chi connectivity index (χ1v) is 4.77. The number of hydrogen-bond donors (Lipinski definition) is 0. The summed E-state index contributed by atoms with van der Waals surface area (Å²) < 4.78 is 5.34. The van der Waals surface area contributed by atoms with E-state index in [-0.39, 0.29) is 11.2 Å². The van der Waals surface area contributed by atoms with Gasteiger partial charge in [-0.15, -0.1) is 0 Å². The lowest BCUT2D eigenvalue weighted by molar-refractivity contribution is -0.128. The molecule has 0 aromatic rings. The van der Waals surface area contributed by atoms with Gasteiger partial charge in [-0.3, -0.25) is 4.79 Å². The Morgan fingerprint density at radius 1 is 1.62 bits per heavy atom. The molecule has 0 radical (unpaired) electrons. The highest BCUT2D eigenvalue weighted by molar-refractivity contribution is 5.80. The molecule has 2 unspecified atom stereocenters. The molecular weight excluding hydrogens is 166 g/mol. The van der Waals surface area contributed by atoms with Crippen molar-refractivity contribution in [3.63, 3.8) is 0 Å². The molecule has 0 aromatic heterocycles. The summed E-state index contributed by atoms with van der Waals surface area (Å²) in [5, 5.41) is 9.14. The summed E-state index contributed by atoms with van der Waals surface area (Å²) in [5.41, 5.74) is -0.381. The lowest BCUT2D eigenvalue weighted by Gasteiger charge is -2.41. The molecular formula is C10H13NO2. The fourth-order valence-electron chi connectivity index (χ4n) is 2.40. The summed E-state index contributed by atoms with van der Waals surface area (Å²) >= 11 is 0. The highest BCUT2D eigenvalue weighted by Crippen LogP contribution is 2.44. The quantitative estimate of drug-likeness (QED) is 0.563. The fraction of sp³-hybridized carbons (Fsp3) is 0.800. The molecule has 0 bridgehead atoms. The Labute approximate surface area is 77.7 Å². The number of hydrogen-bond acceptors (Lipinski definition) is 3. The van der Waals surface area contributed by atoms with Crippen LogP contribution >= 0.6 is 0 Å². The number of nitriles is 1. The molecule has 1 saturated carbocycles. The molecule has 3 nitrogen and oxygen atoms in total. The van der Waals surface area contributed by atoms with Crippen molar-refractivity contribution in [2.75, 3.05) is 13.2 Å². The zero-order valence-corrected chi connectivity index (χ0v) is 7.58. The van der Waals surface area contributed by atoms with Crippen molar-refractivity contribution in [2.24, 2.45) is 11.3 Å². The van der Waals surface area contributed by atoms with Crippen molar-refractivity contribution < 1.29 is 9.53 Å². The number of ketones is 1. The average Bonchev–Trinajstić information content (AvgIpc) is 2.17. The maximum absolute atomic E-state index is 11.3. The Morgan fingerprint density at radius 3 is 3.23 bits per heavy atom. The molecule has 13 heavy (non-hydrogen) atoms. The van der Waals surface area contributed by atoms with Crippen LogP contribution < -0.4 is 0 Å². The van der Waals surface area contributed by atoms with E-state index in [1.165, 1.54) is 0 Å². The molecule has 3 heteroatoms. The molecule has 70 valence electrons. The van der Waals surface area contributed by atoms with Gasteiger partial charge in [0.05, 0.1) is 18.1 Å². The summed E-state index contributed by atoms with van der Waals surface area (Å²) in [6, 6.07) is 2.35. The second-order valence-corrected chi connectivity index (χ2v) is 4.04. The van der Waals surface area contributed by atoms with Crippen molar-refractivity contribution in [3.05, 3.63) is 0 Å². The first kappa shape index (κ1) is 8.71. The minimum absolute atomic E-state index is 0.250. The fourth-order valence-corrected chi connectivity index (χ4v) is 2.40. The smallest absolute Gasteiger partial charge is 0.134 e. The van der Waals surface area contributed by atoms with Crippen molar-refractivity contribution in [3.8, 4) is 6.07 Å². The first-order chi connectivity index (χ1) is 6.27. The number of fused-ring (bicyclic) bond motifs is 1.